The summed E-state index contributed by atoms with van der Waals surface area (Å²) in [5, 5.41) is 3.60. The SMILES string of the molecule is CCn1cccc1CNC(C)CN1CCOCC1. The molecule has 1 aliphatic rings. The minimum absolute atomic E-state index is 0.517. The quantitative estimate of drug-likeness (QED) is 0.827. The number of hydrogen-bond acceptors (Lipinski definition) is 3. The predicted octanol–water partition coefficient (Wildman–Crippen LogP) is 1.32. The Morgan fingerprint density at radius 1 is 1.39 bits per heavy atom. The summed E-state index contributed by atoms with van der Waals surface area (Å²) in [6.45, 7) is 11.4. The van der Waals surface area contributed by atoms with E-state index in [1.807, 2.05) is 0 Å². The lowest BCUT2D eigenvalue weighted by Gasteiger charge is -2.29. The highest BCUT2D eigenvalue weighted by atomic mass is 16.5. The monoisotopic (exact) mass is 251 g/mol. The molecule has 0 aromatic carbocycles. The third-order valence-electron chi connectivity index (χ3n) is 3.53. The first-order valence-electron chi connectivity index (χ1n) is 6.97. The summed E-state index contributed by atoms with van der Waals surface area (Å²) in [6.07, 6.45) is 2.14. The van der Waals surface area contributed by atoms with Crippen LogP contribution in [0.25, 0.3) is 0 Å². The minimum atomic E-state index is 0.517. The maximum atomic E-state index is 5.37. The van der Waals surface area contributed by atoms with Crippen LogP contribution < -0.4 is 5.32 Å². The molecule has 1 atom stereocenters. The number of aryl methyl sites for hydroxylation is 1. The van der Waals surface area contributed by atoms with Gasteiger partial charge in [-0.05, 0) is 26.0 Å². The molecule has 18 heavy (non-hydrogen) atoms. The van der Waals surface area contributed by atoms with Gasteiger partial charge < -0.3 is 14.6 Å². The summed E-state index contributed by atoms with van der Waals surface area (Å²) in [7, 11) is 0. The Morgan fingerprint density at radius 2 is 2.17 bits per heavy atom. The molecule has 102 valence electrons. The van der Waals surface area contributed by atoms with Crippen molar-refractivity contribution in [1.29, 1.82) is 0 Å². The summed E-state index contributed by atoms with van der Waals surface area (Å²) in [5.74, 6) is 0. The lowest BCUT2D eigenvalue weighted by atomic mass is 10.2. The first-order valence-corrected chi connectivity index (χ1v) is 6.97. The van der Waals surface area contributed by atoms with Crippen LogP contribution >= 0.6 is 0 Å². The summed E-state index contributed by atoms with van der Waals surface area (Å²) in [6, 6.07) is 4.83. The van der Waals surface area contributed by atoms with Crippen molar-refractivity contribution in [3.63, 3.8) is 0 Å². The Bertz CT molecular complexity index is 345. The van der Waals surface area contributed by atoms with E-state index >= 15 is 0 Å². The van der Waals surface area contributed by atoms with E-state index in [-0.39, 0.29) is 0 Å². The molecule has 1 aliphatic heterocycles. The standard InChI is InChI=1S/C14H25N3O/c1-3-17-6-4-5-14(17)11-15-13(2)12-16-7-9-18-10-8-16/h4-6,13,15H,3,7-12H2,1-2H3. The summed E-state index contributed by atoms with van der Waals surface area (Å²) in [4.78, 5) is 2.47. The van der Waals surface area contributed by atoms with Crippen LogP contribution in [0.3, 0.4) is 0 Å². The first-order chi connectivity index (χ1) is 8.79. The van der Waals surface area contributed by atoms with Crippen molar-refractivity contribution >= 4 is 0 Å². The number of ether oxygens (including phenoxy) is 1. The molecule has 0 radical (unpaired) electrons. The number of nitrogens with zero attached hydrogens (tertiary/aromatic N) is 2. The van der Waals surface area contributed by atoms with Gasteiger partial charge in [0.05, 0.1) is 13.2 Å². The average Bonchev–Trinajstić information content (AvgIpc) is 2.85. The zero-order chi connectivity index (χ0) is 12.8. The highest BCUT2D eigenvalue weighted by molar-refractivity contribution is 5.06. The second-order valence-corrected chi connectivity index (χ2v) is 4.98. The van der Waals surface area contributed by atoms with Crippen LogP contribution in [-0.4, -0.2) is 48.4 Å². The maximum absolute atomic E-state index is 5.37. The third kappa shape index (κ3) is 3.83. The number of rotatable bonds is 6. The maximum Gasteiger partial charge on any atom is 0.0594 e. The smallest absolute Gasteiger partial charge is 0.0594 e. The first kappa shape index (κ1) is 13.6. The average molecular weight is 251 g/mol. The van der Waals surface area contributed by atoms with Crippen molar-refractivity contribution in [2.75, 3.05) is 32.8 Å². The van der Waals surface area contributed by atoms with E-state index in [1.54, 1.807) is 0 Å². The predicted molar refractivity (Wildman–Crippen MR) is 73.7 cm³/mol. The second kappa shape index (κ2) is 6.92. The fourth-order valence-corrected chi connectivity index (χ4v) is 2.43. The van der Waals surface area contributed by atoms with Crippen molar-refractivity contribution in [2.45, 2.75) is 33.0 Å². The van der Waals surface area contributed by atoms with Gasteiger partial charge in [-0.3, -0.25) is 4.90 Å². The van der Waals surface area contributed by atoms with Crippen LogP contribution in [-0.2, 0) is 17.8 Å². The molecule has 1 unspecified atom stereocenters. The van der Waals surface area contributed by atoms with Gasteiger partial charge in [-0.15, -0.1) is 0 Å². The Hall–Kier alpha value is -0.840. The highest BCUT2D eigenvalue weighted by Gasteiger charge is 2.13. The Balaban J connectivity index is 1.72. The van der Waals surface area contributed by atoms with E-state index < -0.39 is 0 Å². The van der Waals surface area contributed by atoms with Crippen molar-refractivity contribution in [3.05, 3.63) is 24.0 Å². The zero-order valence-corrected chi connectivity index (χ0v) is 11.6. The molecule has 1 fully saturated rings. The Labute approximate surface area is 110 Å². The lowest BCUT2D eigenvalue weighted by Crippen LogP contribution is -2.44. The van der Waals surface area contributed by atoms with Crippen molar-refractivity contribution in [3.8, 4) is 0 Å². The van der Waals surface area contributed by atoms with Crippen LogP contribution in [0.1, 0.15) is 19.5 Å². The minimum Gasteiger partial charge on any atom is -0.379 e. The molecule has 4 heteroatoms. The third-order valence-corrected chi connectivity index (χ3v) is 3.53. The van der Waals surface area contributed by atoms with E-state index in [9.17, 15) is 0 Å². The van der Waals surface area contributed by atoms with Gasteiger partial charge in [0.15, 0.2) is 0 Å². The molecule has 1 saturated heterocycles. The second-order valence-electron chi connectivity index (χ2n) is 4.98. The van der Waals surface area contributed by atoms with Gasteiger partial charge in [0.25, 0.3) is 0 Å². The van der Waals surface area contributed by atoms with E-state index in [2.05, 4.69) is 47.0 Å². The van der Waals surface area contributed by atoms with E-state index in [4.69, 9.17) is 4.74 Å². The molecule has 0 aliphatic carbocycles. The fraction of sp³-hybridized carbons (Fsp3) is 0.714. The van der Waals surface area contributed by atoms with Gasteiger partial charge >= 0.3 is 0 Å². The van der Waals surface area contributed by atoms with Crippen LogP contribution in [0.4, 0.5) is 0 Å². The van der Waals surface area contributed by atoms with Crippen LogP contribution in [0.5, 0.6) is 0 Å². The van der Waals surface area contributed by atoms with Crippen LogP contribution in [0.15, 0.2) is 18.3 Å². The molecular weight excluding hydrogens is 226 g/mol. The molecule has 0 spiro atoms. The van der Waals surface area contributed by atoms with Gasteiger partial charge in [0.1, 0.15) is 0 Å². The molecule has 2 heterocycles. The molecule has 0 bridgehead atoms. The van der Waals surface area contributed by atoms with Gasteiger partial charge in [0.2, 0.25) is 0 Å². The van der Waals surface area contributed by atoms with Gasteiger partial charge in [-0.1, -0.05) is 0 Å². The van der Waals surface area contributed by atoms with E-state index in [0.717, 1.165) is 45.9 Å². The fourth-order valence-electron chi connectivity index (χ4n) is 2.43. The molecular formula is C14H25N3O. The van der Waals surface area contributed by atoms with Crippen LogP contribution in [0, 0.1) is 0 Å². The molecule has 0 saturated carbocycles. The molecule has 1 aromatic rings. The lowest BCUT2D eigenvalue weighted by molar-refractivity contribution is 0.0343. The van der Waals surface area contributed by atoms with Gasteiger partial charge in [0, 0.05) is 50.7 Å². The van der Waals surface area contributed by atoms with Gasteiger partial charge in [-0.2, -0.15) is 0 Å². The van der Waals surface area contributed by atoms with Gasteiger partial charge in [-0.25, -0.2) is 0 Å². The summed E-state index contributed by atoms with van der Waals surface area (Å²) < 4.78 is 7.65. The number of morpholine rings is 1. The van der Waals surface area contributed by atoms with E-state index in [0.29, 0.717) is 6.04 Å². The Kier molecular flexibility index (Phi) is 5.23. The number of aromatic nitrogens is 1. The molecule has 4 nitrogen and oxygen atoms in total. The molecule has 2 rings (SSSR count). The number of hydrogen-bond donors (Lipinski definition) is 1. The molecule has 0 amide bonds. The topological polar surface area (TPSA) is 29.4 Å². The highest BCUT2D eigenvalue weighted by Crippen LogP contribution is 2.03. The Morgan fingerprint density at radius 3 is 2.89 bits per heavy atom. The number of nitrogens with one attached hydrogen (secondary N) is 1. The van der Waals surface area contributed by atoms with Crippen molar-refractivity contribution < 1.29 is 4.74 Å². The van der Waals surface area contributed by atoms with E-state index in [1.165, 1.54) is 5.69 Å². The summed E-state index contributed by atoms with van der Waals surface area (Å²) >= 11 is 0. The molecule has 1 aromatic heterocycles. The normalized spacial score (nSPS) is 19.0. The molecule has 1 N–H and O–H groups in total. The zero-order valence-electron chi connectivity index (χ0n) is 11.6. The van der Waals surface area contributed by atoms with Crippen molar-refractivity contribution in [1.82, 2.24) is 14.8 Å². The summed E-state index contributed by atoms with van der Waals surface area (Å²) in [5.41, 5.74) is 1.37. The van der Waals surface area contributed by atoms with Crippen LogP contribution in [0.2, 0.25) is 0 Å². The largest absolute Gasteiger partial charge is 0.379 e. The van der Waals surface area contributed by atoms with Crippen molar-refractivity contribution in [2.24, 2.45) is 0 Å².